The second-order valence-electron chi connectivity index (χ2n) is 4.68. The van der Waals surface area contributed by atoms with E-state index in [1.54, 1.807) is 0 Å². The summed E-state index contributed by atoms with van der Waals surface area (Å²) in [6, 6.07) is 0.423. The van der Waals surface area contributed by atoms with Gasteiger partial charge >= 0.3 is 5.97 Å². The molecule has 2 aliphatic rings. The fourth-order valence-electron chi connectivity index (χ4n) is 2.54. The molecule has 0 atom stereocenters. The van der Waals surface area contributed by atoms with Crippen LogP contribution < -0.4 is 5.32 Å². The quantitative estimate of drug-likeness (QED) is 0.781. The Bertz CT molecular complexity index is 250. The Kier molecular flexibility index (Phi) is 6.92. The van der Waals surface area contributed by atoms with E-state index in [1.165, 1.54) is 7.11 Å². The minimum atomic E-state index is -0.199. The molecule has 5 nitrogen and oxygen atoms in total. The number of hydrogen-bond donors (Lipinski definition) is 1. The number of carbonyl (C=O) groups is 1. The zero-order valence-corrected chi connectivity index (χ0v) is 11.5. The third kappa shape index (κ3) is 4.39. The maximum atomic E-state index is 11.0. The molecule has 2 fully saturated rings. The van der Waals surface area contributed by atoms with Crippen molar-refractivity contribution in [3.63, 3.8) is 0 Å². The van der Waals surface area contributed by atoms with Crippen LogP contribution in [0, 0.1) is 5.92 Å². The molecule has 0 unspecified atom stereocenters. The summed E-state index contributed by atoms with van der Waals surface area (Å²) in [5.41, 5.74) is 0. The molecule has 18 heavy (non-hydrogen) atoms. The van der Waals surface area contributed by atoms with Gasteiger partial charge in [-0.05, 0) is 25.7 Å². The van der Waals surface area contributed by atoms with Crippen LogP contribution in [0.2, 0.25) is 0 Å². The molecule has 6 heteroatoms. The van der Waals surface area contributed by atoms with E-state index in [4.69, 9.17) is 9.47 Å². The lowest BCUT2D eigenvalue weighted by Gasteiger charge is -2.31. The van der Waals surface area contributed by atoms with E-state index in [2.05, 4.69) is 10.1 Å². The van der Waals surface area contributed by atoms with Crippen molar-refractivity contribution in [2.45, 2.75) is 38.0 Å². The highest BCUT2D eigenvalue weighted by atomic mass is 35.5. The van der Waals surface area contributed by atoms with Crippen molar-refractivity contribution in [3.05, 3.63) is 0 Å². The van der Waals surface area contributed by atoms with Crippen LogP contribution in [-0.2, 0) is 19.0 Å². The van der Waals surface area contributed by atoms with Gasteiger partial charge in [0.2, 0.25) is 0 Å². The maximum Gasteiger partial charge on any atom is 0.319 e. The standard InChI is InChI=1S/C12H21NO4.ClH/c1-15-11(14)8-13-10-4-2-9(3-5-10)12-16-6-7-17-12;/h9-10,12-13H,2-8H2,1H3;1H. The Labute approximate surface area is 114 Å². The molecule has 1 aliphatic carbocycles. The Morgan fingerprint density at radius 1 is 1.22 bits per heavy atom. The van der Waals surface area contributed by atoms with Gasteiger partial charge < -0.3 is 19.5 Å². The minimum absolute atomic E-state index is 0. The monoisotopic (exact) mass is 279 g/mol. The maximum absolute atomic E-state index is 11.0. The number of nitrogens with one attached hydrogen (secondary N) is 1. The van der Waals surface area contributed by atoms with Crippen molar-refractivity contribution in [1.82, 2.24) is 5.32 Å². The average Bonchev–Trinajstić information content (AvgIpc) is 2.90. The highest BCUT2D eigenvalue weighted by molar-refractivity contribution is 5.85. The summed E-state index contributed by atoms with van der Waals surface area (Å²) in [6.07, 6.45) is 4.36. The predicted octanol–water partition coefficient (Wildman–Crippen LogP) is 1.10. The van der Waals surface area contributed by atoms with E-state index in [9.17, 15) is 4.79 Å². The van der Waals surface area contributed by atoms with Gasteiger partial charge in [-0.3, -0.25) is 4.79 Å². The molecule has 0 aromatic carbocycles. The van der Waals surface area contributed by atoms with Crippen LogP contribution in [0.5, 0.6) is 0 Å². The van der Waals surface area contributed by atoms with Gasteiger partial charge in [-0.15, -0.1) is 12.4 Å². The summed E-state index contributed by atoms with van der Waals surface area (Å²) < 4.78 is 15.7. The largest absolute Gasteiger partial charge is 0.468 e. The molecule has 1 saturated carbocycles. The van der Waals surface area contributed by atoms with E-state index in [0.29, 0.717) is 18.5 Å². The van der Waals surface area contributed by atoms with Crippen molar-refractivity contribution >= 4 is 18.4 Å². The van der Waals surface area contributed by atoms with E-state index < -0.39 is 0 Å². The Morgan fingerprint density at radius 3 is 2.39 bits per heavy atom. The molecule has 0 bridgehead atoms. The number of halogens is 1. The molecular weight excluding hydrogens is 258 g/mol. The SMILES string of the molecule is COC(=O)CNC1CCC(C2OCCO2)CC1.Cl. The van der Waals surface area contributed by atoms with Crippen molar-refractivity contribution < 1.29 is 19.0 Å². The fourth-order valence-corrected chi connectivity index (χ4v) is 2.54. The molecule has 1 N–H and O–H groups in total. The van der Waals surface area contributed by atoms with Crippen LogP contribution in [0.4, 0.5) is 0 Å². The summed E-state index contributed by atoms with van der Waals surface area (Å²) in [5.74, 6) is 0.322. The lowest BCUT2D eigenvalue weighted by molar-refractivity contribution is -0.139. The van der Waals surface area contributed by atoms with E-state index >= 15 is 0 Å². The molecule has 2 rings (SSSR count). The third-order valence-electron chi connectivity index (χ3n) is 3.57. The molecular formula is C12H22ClNO4. The van der Waals surface area contributed by atoms with Crippen molar-refractivity contribution in [2.75, 3.05) is 26.9 Å². The minimum Gasteiger partial charge on any atom is -0.468 e. The Balaban J connectivity index is 0.00000162. The van der Waals surface area contributed by atoms with Gasteiger partial charge in [-0.2, -0.15) is 0 Å². The number of carbonyl (C=O) groups excluding carboxylic acids is 1. The number of methoxy groups -OCH3 is 1. The van der Waals surface area contributed by atoms with Gasteiger partial charge in [0, 0.05) is 12.0 Å². The van der Waals surface area contributed by atoms with Gasteiger partial charge in [0.15, 0.2) is 6.29 Å². The predicted molar refractivity (Wildman–Crippen MR) is 68.7 cm³/mol. The molecule has 0 aromatic rings. The van der Waals surface area contributed by atoms with Crippen LogP contribution in [0.25, 0.3) is 0 Å². The van der Waals surface area contributed by atoms with E-state index in [0.717, 1.165) is 38.9 Å². The smallest absolute Gasteiger partial charge is 0.319 e. The number of esters is 1. The summed E-state index contributed by atoms with van der Waals surface area (Å²) >= 11 is 0. The molecule has 0 radical (unpaired) electrons. The summed E-state index contributed by atoms with van der Waals surface area (Å²) in [7, 11) is 1.41. The van der Waals surface area contributed by atoms with Crippen LogP contribution >= 0.6 is 12.4 Å². The second-order valence-corrected chi connectivity index (χ2v) is 4.68. The second kappa shape index (κ2) is 7.94. The van der Waals surface area contributed by atoms with Crippen molar-refractivity contribution in [2.24, 2.45) is 5.92 Å². The first-order chi connectivity index (χ1) is 8.29. The number of hydrogen-bond acceptors (Lipinski definition) is 5. The zero-order valence-electron chi connectivity index (χ0n) is 10.7. The first kappa shape index (κ1) is 15.7. The third-order valence-corrected chi connectivity index (χ3v) is 3.57. The molecule has 0 amide bonds. The summed E-state index contributed by atoms with van der Waals surface area (Å²) in [5, 5.41) is 3.23. The van der Waals surface area contributed by atoms with Gasteiger partial charge in [-0.1, -0.05) is 0 Å². The Morgan fingerprint density at radius 2 is 1.83 bits per heavy atom. The fraction of sp³-hybridized carbons (Fsp3) is 0.917. The number of rotatable bonds is 4. The highest BCUT2D eigenvalue weighted by Gasteiger charge is 2.31. The van der Waals surface area contributed by atoms with Crippen molar-refractivity contribution in [1.29, 1.82) is 0 Å². The van der Waals surface area contributed by atoms with Crippen LogP contribution in [0.3, 0.4) is 0 Å². The van der Waals surface area contributed by atoms with Gasteiger partial charge in [-0.25, -0.2) is 0 Å². The topological polar surface area (TPSA) is 56.8 Å². The normalized spacial score (nSPS) is 28.7. The zero-order chi connectivity index (χ0) is 12.1. The molecule has 1 aliphatic heterocycles. The molecule has 0 aromatic heterocycles. The van der Waals surface area contributed by atoms with Crippen LogP contribution in [-0.4, -0.2) is 45.2 Å². The van der Waals surface area contributed by atoms with Crippen LogP contribution in [0.1, 0.15) is 25.7 Å². The lowest BCUT2D eigenvalue weighted by Crippen LogP contribution is -2.39. The molecule has 0 spiro atoms. The highest BCUT2D eigenvalue weighted by Crippen LogP contribution is 2.30. The first-order valence-corrected chi connectivity index (χ1v) is 6.33. The first-order valence-electron chi connectivity index (χ1n) is 6.33. The average molecular weight is 280 g/mol. The molecule has 1 heterocycles. The van der Waals surface area contributed by atoms with Gasteiger partial charge in [0.25, 0.3) is 0 Å². The van der Waals surface area contributed by atoms with Gasteiger partial charge in [0.1, 0.15) is 0 Å². The van der Waals surface area contributed by atoms with Crippen LogP contribution in [0.15, 0.2) is 0 Å². The summed E-state index contributed by atoms with van der Waals surface area (Å²) in [6.45, 7) is 1.76. The Hall–Kier alpha value is -0.360. The van der Waals surface area contributed by atoms with Crippen molar-refractivity contribution in [3.8, 4) is 0 Å². The van der Waals surface area contributed by atoms with E-state index in [-0.39, 0.29) is 24.7 Å². The van der Waals surface area contributed by atoms with E-state index in [1.807, 2.05) is 0 Å². The van der Waals surface area contributed by atoms with Gasteiger partial charge in [0.05, 0.1) is 26.9 Å². The summed E-state index contributed by atoms with van der Waals surface area (Å²) in [4.78, 5) is 11.0. The molecule has 106 valence electrons. The lowest BCUT2D eigenvalue weighted by atomic mass is 9.85. The number of ether oxygens (including phenoxy) is 3. The molecule has 1 saturated heterocycles.